The zero-order chi connectivity index (χ0) is 15.9. The zero-order valence-corrected chi connectivity index (χ0v) is 12.0. The highest BCUT2D eigenvalue weighted by Gasteiger charge is 2.11. The molecular weight excluding hydrogens is 282 g/mol. The van der Waals surface area contributed by atoms with Crippen LogP contribution in [0.25, 0.3) is 6.08 Å². The fraction of sp³-hybridized carbons (Fsp3) is 0.125. The van der Waals surface area contributed by atoms with Gasteiger partial charge in [0.05, 0.1) is 22.2 Å². The molecule has 0 saturated carbocycles. The number of nitrogens with zero attached hydrogens (tertiary/aromatic N) is 2. The zero-order valence-electron chi connectivity index (χ0n) is 12.0. The van der Waals surface area contributed by atoms with Gasteiger partial charge in [-0.3, -0.25) is 19.9 Å². The number of aromatic nitrogens is 1. The maximum absolute atomic E-state index is 11.9. The Bertz CT molecular complexity index is 699. The van der Waals surface area contributed by atoms with Gasteiger partial charge in [0.2, 0.25) is 5.91 Å². The van der Waals surface area contributed by atoms with Gasteiger partial charge in [0.15, 0.2) is 0 Å². The largest absolute Gasteiger partial charge is 0.344 e. The van der Waals surface area contributed by atoms with Gasteiger partial charge in [-0.05, 0) is 31.2 Å². The van der Waals surface area contributed by atoms with Gasteiger partial charge in [-0.15, -0.1) is 0 Å². The fourth-order valence-electron chi connectivity index (χ4n) is 1.93. The molecular formula is C16H15N3O3. The van der Waals surface area contributed by atoms with Gasteiger partial charge in [0.1, 0.15) is 0 Å². The van der Waals surface area contributed by atoms with Gasteiger partial charge in [-0.25, -0.2) is 0 Å². The van der Waals surface area contributed by atoms with E-state index in [1.54, 1.807) is 30.5 Å². The van der Waals surface area contributed by atoms with Crippen molar-refractivity contribution in [1.29, 1.82) is 0 Å². The number of hydrogen-bond donors (Lipinski definition) is 1. The van der Waals surface area contributed by atoms with Gasteiger partial charge in [-0.1, -0.05) is 18.2 Å². The first-order valence-electron chi connectivity index (χ1n) is 6.71. The van der Waals surface area contributed by atoms with Gasteiger partial charge in [-0.2, -0.15) is 0 Å². The summed E-state index contributed by atoms with van der Waals surface area (Å²) in [6.45, 7) is 1.82. The summed E-state index contributed by atoms with van der Waals surface area (Å²) in [6, 6.07) is 11.5. The molecule has 0 saturated heterocycles. The molecule has 0 unspecified atom stereocenters. The second-order valence-corrected chi connectivity index (χ2v) is 4.63. The molecule has 1 aromatic carbocycles. The van der Waals surface area contributed by atoms with E-state index in [1.807, 2.05) is 19.1 Å². The topological polar surface area (TPSA) is 85.1 Å². The second kappa shape index (κ2) is 7.12. The van der Waals surface area contributed by atoms with E-state index in [9.17, 15) is 14.9 Å². The number of benzene rings is 1. The molecule has 0 aliphatic carbocycles. The molecule has 22 heavy (non-hydrogen) atoms. The molecule has 0 aliphatic heterocycles. The average molecular weight is 297 g/mol. The molecule has 0 fully saturated rings. The Balaban J connectivity index is 2.05. The molecule has 112 valence electrons. The highest BCUT2D eigenvalue weighted by Crippen LogP contribution is 2.18. The number of carbonyl (C=O) groups is 1. The number of nitro groups is 1. The van der Waals surface area contributed by atoms with Gasteiger partial charge in [0, 0.05) is 18.3 Å². The molecule has 1 atom stereocenters. The van der Waals surface area contributed by atoms with Crippen LogP contribution < -0.4 is 5.32 Å². The first kappa shape index (κ1) is 15.4. The molecule has 0 bridgehead atoms. The number of nitrogens with one attached hydrogen (secondary N) is 1. The summed E-state index contributed by atoms with van der Waals surface area (Å²) in [7, 11) is 0. The lowest BCUT2D eigenvalue weighted by Gasteiger charge is -2.11. The molecule has 0 aliphatic rings. The predicted molar refractivity (Wildman–Crippen MR) is 82.9 cm³/mol. The third-order valence-electron chi connectivity index (χ3n) is 3.04. The van der Waals surface area contributed by atoms with Crippen LogP contribution >= 0.6 is 0 Å². The summed E-state index contributed by atoms with van der Waals surface area (Å²) in [5.74, 6) is -0.337. The van der Waals surface area contributed by atoms with Crippen molar-refractivity contribution < 1.29 is 9.72 Å². The highest BCUT2D eigenvalue weighted by molar-refractivity contribution is 5.92. The minimum atomic E-state index is -0.478. The minimum Gasteiger partial charge on any atom is -0.344 e. The predicted octanol–water partition coefficient (Wildman–Crippen LogP) is 2.88. The summed E-state index contributed by atoms with van der Waals surface area (Å²) in [6.07, 6.45) is 4.36. The van der Waals surface area contributed by atoms with E-state index in [0.29, 0.717) is 5.56 Å². The minimum absolute atomic E-state index is 0.0377. The Labute approximate surface area is 127 Å². The van der Waals surface area contributed by atoms with E-state index >= 15 is 0 Å². The SMILES string of the molecule is C[C@H](NC(=O)/C=C/c1ccccc1[N+](=O)[O-])c1ccccn1. The molecule has 1 amide bonds. The van der Waals surface area contributed by atoms with Crippen LogP contribution in [0.15, 0.2) is 54.7 Å². The number of pyridine rings is 1. The summed E-state index contributed by atoms with van der Waals surface area (Å²) in [5, 5.41) is 13.6. The maximum atomic E-state index is 11.9. The molecule has 1 aromatic heterocycles. The van der Waals surface area contributed by atoms with Crippen molar-refractivity contribution in [2.45, 2.75) is 13.0 Å². The van der Waals surface area contributed by atoms with Crippen LogP contribution in [0.5, 0.6) is 0 Å². The summed E-state index contributed by atoms with van der Waals surface area (Å²) < 4.78 is 0. The molecule has 0 radical (unpaired) electrons. The van der Waals surface area contributed by atoms with E-state index in [-0.39, 0.29) is 17.6 Å². The molecule has 1 heterocycles. The monoisotopic (exact) mass is 297 g/mol. The van der Waals surface area contributed by atoms with Crippen molar-refractivity contribution >= 4 is 17.7 Å². The molecule has 6 heteroatoms. The lowest BCUT2D eigenvalue weighted by Crippen LogP contribution is -2.25. The fourth-order valence-corrected chi connectivity index (χ4v) is 1.93. The highest BCUT2D eigenvalue weighted by atomic mass is 16.6. The molecule has 2 aromatic rings. The number of carbonyl (C=O) groups excluding carboxylic acids is 1. The standard InChI is InChI=1S/C16H15N3O3/c1-12(14-7-4-5-11-17-14)18-16(20)10-9-13-6-2-3-8-15(13)19(21)22/h2-12H,1H3,(H,18,20)/b10-9+/t12-/m0/s1. The third kappa shape index (κ3) is 3.99. The number of hydrogen-bond acceptors (Lipinski definition) is 4. The van der Waals surface area contributed by atoms with E-state index < -0.39 is 4.92 Å². The smallest absolute Gasteiger partial charge is 0.276 e. The third-order valence-corrected chi connectivity index (χ3v) is 3.04. The maximum Gasteiger partial charge on any atom is 0.276 e. The van der Waals surface area contributed by atoms with Crippen molar-refractivity contribution in [3.8, 4) is 0 Å². The van der Waals surface area contributed by atoms with Crippen molar-refractivity contribution in [1.82, 2.24) is 10.3 Å². The van der Waals surface area contributed by atoms with Crippen LogP contribution in [0.2, 0.25) is 0 Å². The average Bonchev–Trinajstić information content (AvgIpc) is 2.54. The van der Waals surface area contributed by atoms with Crippen LogP contribution in [-0.4, -0.2) is 15.8 Å². The lowest BCUT2D eigenvalue weighted by atomic mass is 10.1. The summed E-state index contributed by atoms with van der Waals surface area (Å²) in [5.41, 5.74) is 1.09. The Morgan fingerprint density at radius 2 is 2.00 bits per heavy atom. The van der Waals surface area contributed by atoms with E-state index in [1.165, 1.54) is 18.2 Å². The van der Waals surface area contributed by atoms with Gasteiger partial charge < -0.3 is 5.32 Å². The van der Waals surface area contributed by atoms with Crippen molar-refractivity contribution in [2.75, 3.05) is 0 Å². The van der Waals surface area contributed by atoms with Gasteiger partial charge in [0.25, 0.3) is 5.69 Å². The van der Waals surface area contributed by atoms with Crippen LogP contribution in [0.1, 0.15) is 24.2 Å². The van der Waals surface area contributed by atoms with E-state index in [2.05, 4.69) is 10.3 Å². The van der Waals surface area contributed by atoms with Crippen molar-refractivity contribution in [3.05, 3.63) is 76.1 Å². The van der Waals surface area contributed by atoms with Crippen LogP contribution in [0.4, 0.5) is 5.69 Å². The Morgan fingerprint density at radius 3 is 2.68 bits per heavy atom. The normalized spacial score (nSPS) is 12.0. The first-order chi connectivity index (χ1) is 10.6. The number of amides is 1. The van der Waals surface area contributed by atoms with Crippen LogP contribution in [0.3, 0.4) is 0 Å². The number of para-hydroxylation sites is 1. The van der Waals surface area contributed by atoms with Gasteiger partial charge >= 0.3 is 0 Å². The lowest BCUT2D eigenvalue weighted by molar-refractivity contribution is -0.385. The van der Waals surface area contributed by atoms with Crippen LogP contribution in [-0.2, 0) is 4.79 Å². The first-order valence-corrected chi connectivity index (χ1v) is 6.71. The number of nitro benzene ring substituents is 1. The molecule has 6 nitrogen and oxygen atoms in total. The number of rotatable bonds is 5. The Morgan fingerprint density at radius 1 is 1.27 bits per heavy atom. The second-order valence-electron chi connectivity index (χ2n) is 4.63. The molecule has 1 N–H and O–H groups in total. The van der Waals surface area contributed by atoms with E-state index in [0.717, 1.165) is 5.69 Å². The summed E-state index contributed by atoms with van der Waals surface area (Å²) >= 11 is 0. The van der Waals surface area contributed by atoms with Crippen molar-refractivity contribution in [3.63, 3.8) is 0 Å². The van der Waals surface area contributed by atoms with E-state index in [4.69, 9.17) is 0 Å². The Kier molecular flexibility index (Phi) is 4.98. The molecule has 0 spiro atoms. The van der Waals surface area contributed by atoms with Crippen molar-refractivity contribution in [2.24, 2.45) is 0 Å². The quantitative estimate of drug-likeness (QED) is 0.522. The summed E-state index contributed by atoms with van der Waals surface area (Å²) in [4.78, 5) is 26.5. The Hall–Kier alpha value is -3.02. The van der Waals surface area contributed by atoms with Crippen LogP contribution in [0, 0.1) is 10.1 Å². The molecule has 2 rings (SSSR count).